The van der Waals surface area contributed by atoms with Crippen molar-refractivity contribution in [1.82, 2.24) is 0 Å². The second kappa shape index (κ2) is 3.72. The summed E-state index contributed by atoms with van der Waals surface area (Å²) in [6.45, 7) is 1.72. The Hall–Kier alpha value is -1.57. The van der Waals surface area contributed by atoms with Crippen molar-refractivity contribution < 1.29 is 9.90 Å². The van der Waals surface area contributed by atoms with Gasteiger partial charge in [-0.3, -0.25) is 4.79 Å². The predicted octanol–water partition coefficient (Wildman–Crippen LogP) is 2.42. The number of hydrogen-bond acceptors (Lipinski definition) is 2. The van der Waals surface area contributed by atoms with E-state index in [2.05, 4.69) is 0 Å². The molecule has 1 N–H and O–H groups in total. The van der Waals surface area contributed by atoms with Gasteiger partial charge in [0.1, 0.15) is 5.76 Å². The van der Waals surface area contributed by atoms with E-state index in [1.54, 1.807) is 37.3 Å². The van der Waals surface area contributed by atoms with Crippen LogP contribution in [0.1, 0.15) is 22.8 Å². The lowest BCUT2D eigenvalue weighted by Gasteiger charge is -2.01. The molecular weight excluding hydrogens is 152 g/mol. The van der Waals surface area contributed by atoms with E-state index >= 15 is 0 Å². The van der Waals surface area contributed by atoms with Crippen molar-refractivity contribution in [3.8, 4) is 0 Å². The number of hydrogen-bond donors (Lipinski definition) is 1. The Balaban J connectivity index is 3.22. The first-order chi connectivity index (χ1) is 5.79. The summed E-state index contributed by atoms with van der Waals surface area (Å²) < 4.78 is 0. The molecule has 2 heteroatoms. The zero-order chi connectivity index (χ0) is 8.97. The number of aliphatic hydroxyl groups excluding tert-OH is 1. The Morgan fingerprint density at radius 3 is 2.67 bits per heavy atom. The molecule has 0 bridgehead atoms. The summed E-state index contributed by atoms with van der Waals surface area (Å²) in [5.74, 6) is 0.137. The van der Waals surface area contributed by atoms with Crippen molar-refractivity contribution >= 4 is 12.0 Å². The minimum absolute atomic E-state index is 0.137. The van der Waals surface area contributed by atoms with Gasteiger partial charge in [-0.2, -0.15) is 0 Å². The Morgan fingerprint density at radius 1 is 1.42 bits per heavy atom. The lowest BCUT2D eigenvalue weighted by Crippen LogP contribution is -1.90. The normalized spacial score (nSPS) is 11.2. The van der Waals surface area contributed by atoms with E-state index in [9.17, 15) is 9.90 Å². The Labute approximate surface area is 71.2 Å². The van der Waals surface area contributed by atoms with E-state index in [-0.39, 0.29) is 5.76 Å². The first kappa shape index (κ1) is 8.53. The number of benzene rings is 1. The maximum Gasteiger partial charge on any atom is 0.150 e. The first-order valence-electron chi connectivity index (χ1n) is 3.69. The summed E-state index contributed by atoms with van der Waals surface area (Å²) in [4.78, 5) is 10.5. The van der Waals surface area contributed by atoms with Gasteiger partial charge >= 0.3 is 0 Å². The van der Waals surface area contributed by atoms with Gasteiger partial charge in [0.2, 0.25) is 0 Å². The number of allylic oxidation sites excluding steroid dienone is 1. The second-order valence-corrected chi connectivity index (χ2v) is 2.38. The number of aliphatic hydroxyl groups is 1. The zero-order valence-corrected chi connectivity index (χ0v) is 6.82. The number of carbonyl (C=O) groups is 1. The van der Waals surface area contributed by atoms with Crippen molar-refractivity contribution in [3.63, 3.8) is 0 Å². The smallest absolute Gasteiger partial charge is 0.150 e. The molecule has 0 aromatic heterocycles. The van der Waals surface area contributed by atoms with E-state index in [1.165, 1.54) is 0 Å². The summed E-state index contributed by atoms with van der Waals surface area (Å²) in [5, 5.41) is 9.34. The van der Waals surface area contributed by atoms with Crippen molar-refractivity contribution in [2.45, 2.75) is 6.92 Å². The third kappa shape index (κ3) is 1.53. The summed E-state index contributed by atoms with van der Waals surface area (Å²) >= 11 is 0. The molecule has 0 amide bonds. The molecule has 0 aliphatic heterocycles. The molecule has 0 fully saturated rings. The average molecular weight is 162 g/mol. The molecule has 0 saturated heterocycles. The van der Waals surface area contributed by atoms with Crippen molar-refractivity contribution in [3.05, 3.63) is 41.5 Å². The van der Waals surface area contributed by atoms with Crippen LogP contribution in [0.3, 0.4) is 0 Å². The van der Waals surface area contributed by atoms with Crippen LogP contribution in [0, 0.1) is 0 Å². The highest BCUT2D eigenvalue weighted by atomic mass is 16.3. The number of rotatable bonds is 2. The third-order valence-corrected chi connectivity index (χ3v) is 1.64. The Morgan fingerprint density at radius 2 is 2.08 bits per heavy atom. The summed E-state index contributed by atoms with van der Waals surface area (Å²) in [7, 11) is 0. The van der Waals surface area contributed by atoms with Gasteiger partial charge < -0.3 is 5.11 Å². The van der Waals surface area contributed by atoms with Crippen LogP contribution in [0.5, 0.6) is 0 Å². The summed E-state index contributed by atoms with van der Waals surface area (Å²) in [6.07, 6.45) is 2.29. The molecule has 12 heavy (non-hydrogen) atoms. The Kier molecular flexibility index (Phi) is 2.64. The van der Waals surface area contributed by atoms with Crippen LogP contribution in [0.15, 0.2) is 30.3 Å². The highest BCUT2D eigenvalue weighted by Crippen LogP contribution is 2.14. The molecule has 0 spiro atoms. The molecule has 0 atom stereocenters. The Bertz CT molecular complexity index is 313. The second-order valence-electron chi connectivity index (χ2n) is 2.38. The van der Waals surface area contributed by atoms with Gasteiger partial charge in [-0.25, -0.2) is 0 Å². The van der Waals surface area contributed by atoms with Crippen LogP contribution in [-0.4, -0.2) is 11.4 Å². The van der Waals surface area contributed by atoms with E-state index in [4.69, 9.17) is 0 Å². The quantitative estimate of drug-likeness (QED) is 0.535. The molecule has 0 radical (unpaired) electrons. The summed E-state index contributed by atoms with van der Waals surface area (Å²) in [5.41, 5.74) is 1.09. The molecule has 0 heterocycles. The van der Waals surface area contributed by atoms with Crippen LogP contribution < -0.4 is 0 Å². The number of carbonyl (C=O) groups excluding carboxylic acids is 1. The predicted molar refractivity (Wildman–Crippen MR) is 48.1 cm³/mol. The van der Waals surface area contributed by atoms with Crippen molar-refractivity contribution in [1.29, 1.82) is 0 Å². The van der Waals surface area contributed by atoms with Crippen LogP contribution in [0.25, 0.3) is 5.76 Å². The molecule has 0 aliphatic carbocycles. The minimum atomic E-state index is 0.137. The van der Waals surface area contributed by atoms with Gasteiger partial charge in [-0.15, -0.1) is 0 Å². The van der Waals surface area contributed by atoms with Gasteiger partial charge in [-0.05, 0) is 13.0 Å². The first-order valence-corrected chi connectivity index (χ1v) is 3.69. The molecule has 1 aromatic rings. The molecule has 2 nitrogen and oxygen atoms in total. The lowest BCUT2D eigenvalue weighted by atomic mass is 10.1. The molecule has 62 valence electrons. The molecule has 1 rings (SSSR count). The largest absolute Gasteiger partial charge is 0.508 e. The van der Waals surface area contributed by atoms with Crippen molar-refractivity contribution in [2.75, 3.05) is 0 Å². The fraction of sp³-hybridized carbons (Fsp3) is 0.100. The van der Waals surface area contributed by atoms with E-state index in [1.807, 2.05) is 0 Å². The third-order valence-electron chi connectivity index (χ3n) is 1.64. The fourth-order valence-electron chi connectivity index (χ4n) is 0.989. The van der Waals surface area contributed by atoms with Gasteiger partial charge in [0.25, 0.3) is 0 Å². The van der Waals surface area contributed by atoms with E-state index < -0.39 is 0 Å². The van der Waals surface area contributed by atoms with E-state index in [0.29, 0.717) is 11.1 Å². The van der Waals surface area contributed by atoms with Crippen LogP contribution in [-0.2, 0) is 0 Å². The fourth-order valence-corrected chi connectivity index (χ4v) is 0.989. The molecule has 0 unspecified atom stereocenters. The highest BCUT2D eigenvalue weighted by molar-refractivity contribution is 5.83. The van der Waals surface area contributed by atoms with Crippen molar-refractivity contribution in [2.24, 2.45) is 0 Å². The van der Waals surface area contributed by atoms with Gasteiger partial charge in [-0.1, -0.05) is 24.3 Å². The monoisotopic (exact) mass is 162 g/mol. The maximum atomic E-state index is 10.5. The van der Waals surface area contributed by atoms with Crippen LogP contribution in [0.4, 0.5) is 0 Å². The molecular formula is C10H10O2. The standard InChI is InChI=1S/C10H10O2/c1-2-10(12)9-6-4-3-5-8(9)7-11/h2-7,12H,1H3/b10-2-. The van der Waals surface area contributed by atoms with Crippen LogP contribution in [0.2, 0.25) is 0 Å². The summed E-state index contributed by atoms with van der Waals surface area (Å²) in [6, 6.07) is 6.92. The molecule has 0 saturated carbocycles. The van der Waals surface area contributed by atoms with Gasteiger partial charge in [0.15, 0.2) is 6.29 Å². The maximum absolute atomic E-state index is 10.5. The lowest BCUT2D eigenvalue weighted by molar-refractivity contribution is 0.112. The number of aldehydes is 1. The zero-order valence-electron chi connectivity index (χ0n) is 6.82. The highest BCUT2D eigenvalue weighted by Gasteiger charge is 2.02. The van der Waals surface area contributed by atoms with Crippen LogP contribution >= 0.6 is 0 Å². The minimum Gasteiger partial charge on any atom is -0.508 e. The molecule has 1 aromatic carbocycles. The molecule has 0 aliphatic rings. The topological polar surface area (TPSA) is 37.3 Å². The SMILES string of the molecule is C/C=C(\O)c1ccccc1C=O. The van der Waals surface area contributed by atoms with Gasteiger partial charge in [0, 0.05) is 11.1 Å². The van der Waals surface area contributed by atoms with E-state index in [0.717, 1.165) is 6.29 Å². The average Bonchev–Trinajstić information content (AvgIpc) is 2.16. The van der Waals surface area contributed by atoms with Gasteiger partial charge in [0.05, 0.1) is 0 Å².